The number of hydrogen-bond donors (Lipinski definition) is 0. The second-order valence-electron chi connectivity index (χ2n) is 5.05. The van der Waals surface area contributed by atoms with Gasteiger partial charge >= 0.3 is 0 Å². The predicted molar refractivity (Wildman–Crippen MR) is 102 cm³/mol. The van der Waals surface area contributed by atoms with E-state index in [1.807, 2.05) is 19.9 Å². The molecule has 0 amide bonds. The molecule has 0 spiro atoms. The van der Waals surface area contributed by atoms with Crippen LogP contribution in [0, 0.1) is 13.8 Å². The molecule has 2 aromatic carbocycles. The molecule has 2 rings (SSSR count). The first-order valence-electron chi connectivity index (χ1n) is 8.39. The highest BCUT2D eigenvalue weighted by Crippen LogP contribution is 2.13. The predicted octanol–water partition coefficient (Wildman–Crippen LogP) is 6.70. The van der Waals surface area contributed by atoms with Crippen molar-refractivity contribution in [1.29, 1.82) is 0 Å². The van der Waals surface area contributed by atoms with Gasteiger partial charge in [0.1, 0.15) is 0 Å². The van der Waals surface area contributed by atoms with E-state index < -0.39 is 0 Å². The zero-order valence-corrected chi connectivity index (χ0v) is 15.0. The molecular weight excluding hydrogens is 264 g/mol. The van der Waals surface area contributed by atoms with E-state index in [9.17, 15) is 0 Å². The van der Waals surface area contributed by atoms with Gasteiger partial charge in [-0.3, -0.25) is 0 Å². The summed E-state index contributed by atoms with van der Waals surface area (Å²) in [7, 11) is 0. The van der Waals surface area contributed by atoms with E-state index >= 15 is 0 Å². The zero-order valence-electron chi connectivity index (χ0n) is 15.0. The van der Waals surface area contributed by atoms with E-state index in [4.69, 9.17) is 0 Å². The third-order valence-corrected chi connectivity index (χ3v) is 3.47. The van der Waals surface area contributed by atoms with Crippen molar-refractivity contribution in [3.8, 4) is 0 Å². The molecule has 0 aromatic heterocycles. The first kappa shape index (κ1) is 20.2. The van der Waals surface area contributed by atoms with E-state index in [-0.39, 0.29) is 0 Å². The van der Waals surface area contributed by atoms with Crippen LogP contribution in [0.5, 0.6) is 0 Å². The van der Waals surface area contributed by atoms with E-state index in [0.29, 0.717) is 0 Å². The average Bonchev–Trinajstić information content (AvgIpc) is 2.57. The van der Waals surface area contributed by atoms with Gasteiger partial charge in [0.25, 0.3) is 0 Å². The molecule has 0 heterocycles. The monoisotopic (exact) mass is 296 g/mol. The van der Waals surface area contributed by atoms with Gasteiger partial charge in [-0.15, -0.1) is 6.58 Å². The van der Waals surface area contributed by atoms with Crippen LogP contribution in [0.4, 0.5) is 0 Å². The fourth-order valence-electron chi connectivity index (χ4n) is 2.05. The molecule has 0 heteroatoms. The van der Waals surface area contributed by atoms with Crippen LogP contribution < -0.4 is 0 Å². The minimum Gasteiger partial charge on any atom is -0.103 e. The highest BCUT2D eigenvalue weighted by Gasteiger charge is 2.00. The van der Waals surface area contributed by atoms with Crippen molar-refractivity contribution < 1.29 is 0 Å². The topological polar surface area (TPSA) is 0 Å². The molecule has 0 aliphatic carbocycles. The van der Waals surface area contributed by atoms with Crippen LogP contribution in [0.1, 0.15) is 49.4 Å². The Balaban J connectivity index is 0.000000640. The molecular formula is C22H32. The standard InChI is InChI=1S/C16H18.C4H8.C2H6/c1-13-7-3-5-9-15(13)11-12-16-10-6-4-8-14(16)2;1-3-4-2;1-2/h3-10H,11-12H2,1-2H3;3H,1,4H2,2H3;1-2H3. The third-order valence-electron chi connectivity index (χ3n) is 3.47. The van der Waals surface area contributed by atoms with Gasteiger partial charge in [-0.2, -0.15) is 0 Å². The van der Waals surface area contributed by atoms with E-state index in [1.54, 1.807) is 0 Å². The lowest BCUT2D eigenvalue weighted by molar-refractivity contribution is 0.939. The van der Waals surface area contributed by atoms with Gasteiger partial charge < -0.3 is 0 Å². The van der Waals surface area contributed by atoms with Gasteiger partial charge in [0.05, 0.1) is 0 Å². The van der Waals surface area contributed by atoms with Gasteiger partial charge in [0, 0.05) is 0 Å². The Kier molecular flexibility index (Phi) is 11.8. The molecule has 22 heavy (non-hydrogen) atoms. The van der Waals surface area contributed by atoms with Gasteiger partial charge in [-0.1, -0.05) is 75.4 Å². The maximum atomic E-state index is 3.48. The van der Waals surface area contributed by atoms with E-state index in [1.165, 1.54) is 22.3 Å². The Labute approximate surface area is 137 Å². The summed E-state index contributed by atoms with van der Waals surface area (Å²) >= 11 is 0. The van der Waals surface area contributed by atoms with Crippen LogP contribution in [-0.2, 0) is 12.8 Å². The van der Waals surface area contributed by atoms with E-state index in [0.717, 1.165) is 19.3 Å². The Morgan fingerprint density at radius 3 is 1.36 bits per heavy atom. The SMILES string of the molecule is C=CCC.CC.Cc1ccccc1CCc1ccccc1C. The van der Waals surface area contributed by atoms with Crippen molar-refractivity contribution in [2.45, 2.75) is 53.9 Å². The molecule has 120 valence electrons. The lowest BCUT2D eigenvalue weighted by Gasteiger charge is -2.07. The molecule has 0 N–H and O–H groups in total. The molecule has 0 unspecified atom stereocenters. The minimum atomic E-state index is 1.08. The Morgan fingerprint density at radius 1 is 0.773 bits per heavy atom. The van der Waals surface area contributed by atoms with Crippen molar-refractivity contribution >= 4 is 0 Å². The molecule has 0 fully saturated rings. The maximum absolute atomic E-state index is 3.48. The van der Waals surface area contributed by atoms with Crippen molar-refractivity contribution in [2.24, 2.45) is 0 Å². The maximum Gasteiger partial charge on any atom is -0.0236 e. The second-order valence-corrected chi connectivity index (χ2v) is 5.05. The van der Waals surface area contributed by atoms with Crippen LogP contribution in [0.25, 0.3) is 0 Å². The van der Waals surface area contributed by atoms with E-state index in [2.05, 4.69) is 75.9 Å². The highest BCUT2D eigenvalue weighted by molar-refractivity contribution is 5.30. The van der Waals surface area contributed by atoms with Gasteiger partial charge in [0.15, 0.2) is 0 Å². The van der Waals surface area contributed by atoms with Crippen molar-refractivity contribution in [3.05, 3.63) is 83.4 Å². The lowest BCUT2D eigenvalue weighted by atomic mass is 9.98. The van der Waals surface area contributed by atoms with Gasteiger partial charge in [0.2, 0.25) is 0 Å². The molecule has 0 atom stereocenters. The van der Waals surface area contributed by atoms with Crippen LogP contribution in [0.3, 0.4) is 0 Å². The highest BCUT2D eigenvalue weighted by atomic mass is 14.1. The fraction of sp³-hybridized carbons (Fsp3) is 0.364. The summed E-state index contributed by atoms with van der Waals surface area (Å²) in [4.78, 5) is 0. The quantitative estimate of drug-likeness (QED) is 0.551. The van der Waals surface area contributed by atoms with Crippen LogP contribution in [0.15, 0.2) is 61.2 Å². The zero-order chi connectivity index (χ0) is 16.8. The number of allylic oxidation sites excluding steroid dienone is 1. The smallest absolute Gasteiger partial charge is 0.0236 e. The molecule has 0 radical (unpaired) electrons. The van der Waals surface area contributed by atoms with Crippen molar-refractivity contribution in [1.82, 2.24) is 0 Å². The van der Waals surface area contributed by atoms with Crippen LogP contribution in [0.2, 0.25) is 0 Å². The lowest BCUT2D eigenvalue weighted by Crippen LogP contribution is -1.95. The summed E-state index contributed by atoms with van der Waals surface area (Å²) in [6, 6.07) is 17.3. The molecule has 2 aromatic rings. The summed E-state index contributed by atoms with van der Waals surface area (Å²) in [6.45, 7) is 13.9. The largest absolute Gasteiger partial charge is 0.103 e. The molecule has 0 aliphatic heterocycles. The molecule has 0 aliphatic rings. The number of aryl methyl sites for hydroxylation is 4. The summed E-state index contributed by atoms with van der Waals surface area (Å²) < 4.78 is 0. The first-order chi connectivity index (χ1) is 10.7. The first-order valence-corrected chi connectivity index (χ1v) is 8.39. The second kappa shape index (κ2) is 12.9. The third kappa shape index (κ3) is 7.83. The summed E-state index contributed by atoms with van der Waals surface area (Å²) in [5.41, 5.74) is 5.73. The minimum absolute atomic E-state index is 1.08. The molecule has 0 bridgehead atoms. The normalized spacial score (nSPS) is 8.95. The summed E-state index contributed by atoms with van der Waals surface area (Å²) in [5.74, 6) is 0. The average molecular weight is 296 g/mol. The van der Waals surface area contributed by atoms with Crippen LogP contribution >= 0.6 is 0 Å². The van der Waals surface area contributed by atoms with Crippen molar-refractivity contribution in [3.63, 3.8) is 0 Å². The Morgan fingerprint density at radius 2 is 1.09 bits per heavy atom. The number of rotatable bonds is 4. The summed E-state index contributed by atoms with van der Waals surface area (Å²) in [6.07, 6.45) is 5.23. The number of benzene rings is 2. The van der Waals surface area contributed by atoms with Gasteiger partial charge in [-0.05, 0) is 55.4 Å². The Bertz CT molecular complexity index is 478. The number of hydrogen-bond acceptors (Lipinski definition) is 0. The molecule has 0 saturated carbocycles. The fourth-order valence-corrected chi connectivity index (χ4v) is 2.05. The summed E-state index contributed by atoms with van der Waals surface area (Å²) in [5, 5.41) is 0. The van der Waals surface area contributed by atoms with Gasteiger partial charge in [-0.25, -0.2) is 0 Å². The molecule has 0 nitrogen and oxygen atoms in total. The molecule has 0 saturated heterocycles. The van der Waals surface area contributed by atoms with Crippen molar-refractivity contribution in [2.75, 3.05) is 0 Å². The Hall–Kier alpha value is -1.82. The van der Waals surface area contributed by atoms with Crippen LogP contribution in [-0.4, -0.2) is 0 Å².